The minimum absolute atomic E-state index is 0.836. The lowest BCUT2D eigenvalue weighted by Crippen LogP contribution is -2.29. The minimum atomic E-state index is 0.836. The zero-order valence-electron chi connectivity index (χ0n) is 6.68. The molecule has 0 bridgehead atoms. The van der Waals surface area contributed by atoms with Gasteiger partial charge in [-0.1, -0.05) is 19.3 Å². The molecule has 0 heterocycles. The second-order valence-corrected chi connectivity index (χ2v) is 2.58. The average Bonchev–Trinajstić information content (AvgIpc) is 1.97. The normalized spacial score (nSPS) is 9.70. The molecular weight excluding hydrogens is 124 g/mol. The number of hydrogen-bond acceptors (Lipinski definition) is 1. The minimum Gasteiger partial charge on any atom is -0.330 e. The Balaban J connectivity index is 2.70. The van der Waals surface area contributed by atoms with E-state index >= 15 is 0 Å². The van der Waals surface area contributed by atoms with Crippen LogP contribution < -0.4 is 11.1 Å². The molecule has 2 nitrogen and oxygen atoms in total. The van der Waals surface area contributed by atoms with Crippen molar-refractivity contribution in [1.29, 1.82) is 0 Å². The van der Waals surface area contributed by atoms with E-state index in [1.807, 2.05) is 0 Å². The van der Waals surface area contributed by atoms with Gasteiger partial charge in [0.05, 0.1) is 0 Å². The summed E-state index contributed by atoms with van der Waals surface area (Å²) in [5.41, 5.74) is 5.34. The topological polar surface area (TPSA) is 51.6 Å². The van der Waals surface area contributed by atoms with Gasteiger partial charge in [-0.2, -0.15) is 0 Å². The van der Waals surface area contributed by atoms with Crippen LogP contribution in [0.25, 0.3) is 0 Å². The van der Waals surface area contributed by atoms with Crippen LogP contribution >= 0.6 is 0 Å². The highest BCUT2D eigenvalue weighted by molar-refractivity contribution is 5.48. The van der Waals surface area contributed by atoms with Gasteiger partial charge in [0.1, 0.15) is 6.21 Å². The Hall–Kier alpha value is -0.370. The fourth-order valence-electron chi connectivity index (χ4n) is 0.937. The van der Waals surface area contributed by atoms with Gasteiger partial charge in [0.25, 0.3) is 0 Å². The van der Waals surface area contributed by atoms with Gasteiger partial charge in [0, 0.05) is 6.42 Å². The van der Waals surface area contributed by atoms with Crippen LogP contribution in [0.3, 0.4) is 0 Å². The van der Waals surface area contributed by atoms with Gasteiger partial charge in [-0.25, -0.2) is 0 Å². The Morgan fingerprint density at radius 2 is 1.60 bits per heavy atom. The molecule has 0 spiro atoms. The smallest absolute Gasteiger partial charge is 0.136 e. The van der Waals surface area contributed by atoms with Crippen molar-refractivity contribution >= 4 is 6.21 Å². The van der Waals surface area contributed by atoms with Crippen molar-refractivity contribution in [1.82, 2.24) is 0 Å². The van der Waals surface area contributed by atoms with Crippen LogP contribution in [-0.2, 0) is 0 Å². The Morgan fingerprint density at radius 1 is 1.00 bits per heavy atom. The molecule has 0 rings (SSSR count). The van der Waals surface area contributed by atoms with Gasteiger partial charge >= 0.3 is 0 Å². The summed E-state index contributed by atoms with van der Waals surface area (Å²) in [5, 5.41) is 5.22. The Bertz CT molecular complexity index is 71.7. The summed E-state index contributed by atoms with van der Waals surface area (Å²) >= 11 is 0. The van der Waals surface area contributed by atoms with Crippen LogP contribution in [0.5, 0.6) is 0 Å². The lowest BCUT2D eigenvalue weighted by atomic mass is 10.1. The average molecular weight is 143 g/mol. The van der Waals surface area contributed by atoms with Gasteiger partial charge < -0.3 is 5.73 Å². The lowest BCUT2D eigenvalue weighted by molar-refractivity contribution is -0.107. The summed E-state index contributed by atoms with van der Waals surface area (Å²) in [6.07, 6.45) is 9.10. The number of unbranched alkanes of at least 4 members (excludes halogenated alkanes) is 5. The maximum Gasteiger partial charge on any atom is 0.136 e. The SMILES string of the molecule is NCCCCCCCC=[NH2+]. The standard InChI is InChI=1S/C8H18N2/c9-7-5-3-1-2-4-6-8-10/h7,9H,1-6,8,10H2/p+1. The summed E-state index contributed by atoms with van der Waals surface area (Å²) in [6.45, 7) is 0.836. The molecule has 4 N–H and O–H groups in total. The number of nitrogens with two attached hydrogens (primary N) is 2. The third-order valence-corrected chi connectivity index (χ3v) is 1.57. The summed E-state index contributed by atoms with van der Waals surface area (Å²) in [7, 11) is 0. The van der Waals surface area contributed by atoms with Gasteiger partial charge in [0.15, 0.2) is 0 Å². The van der Waals surface area contributed by atoms with Crippen LogP contribution in [0.15, 0.2) is 0 Å². The first-order chi connectivity index (χ1) is 4.91. The highest BCUT2D eigenvalue weighted by Crippen LogP contribution is 2.02. The molecule has 0 unspecified atom stereocenters. The molecule has 2 heteroatoms. The summed E-state index contributed by atoms with van der Waals surface area (Å²) in [6, 6.07) is 0. The molecule has 0 fully saturated rings. The summed E-state index contributed by atoms with van der Waals surface area (Å²) in [5.74, 6) is 0. The molecule has 0 aliphatic rings. The molecule has 0 atom stereocenters. The molecule has 0 aromatic carbocycles. The van der Waals surface area contributed by atoms with E-state index in [1.54, 1.807) is 6.21 Å². The molecule has 0 saturated carbocycles. The van der Waals surface area contributed by atoms with E-state index in [0.29, 0.717) is 0 Å². The number of hydrogen-bond donors (Lipinski definition) is 2. The van der Waals surface area contributed by atoms with Crippen molar-refractivity contribution in [2.75, 3.05) is 6.54 Å². The molecule has 0 aromatic rings. The molecule has 0 radical (unpaired) electrons. The summed E-state index contributed by atoms with van der Waals surface area (Å²) in [4.78, 5) is 0. The lowest BCUT2D eigenvalue weighted by Gasteiger charge is -1.95. The van der Waals surface area contributed by atoms with Crippen molar-refractivity contribution in [3.05, 3.63) is 0 Å². The van der Waals surface area contributed by atoms with E-state index in [9.17, 15) is 0 Å². The largest absolute Gasteiger partial charge is 0.330 e. The van der Waals surface area contributed by atoms with E-state index in [4.69, 9.17) is 11.1 Å². The first-order valence-corrected chi connectivity index (χ1v) is 4.15. The Morgan fingerprint density at radius 3 is 2.20 bits per heavy atom. The predicted octanol–water partition coefficient (Wildman–Crippen LogP) is 0.116. The van der Waals surface area contributed by atoms with Crippen LogP contribution in [0.4, 0.5) is 0 Å². The fraction of sp³-hybridized carbons (Fsp3) is 0.875. The van der Waals surface area contributed by atoms with Crippen molar-refractivity contribution in [3.63, 3.8) is 0 Å². The van der Waals surface area contributed by atoms with Gasteiger partial charge in [0.2, 0.25) is 0 Å². The third kappa shape index (κ3) is 7.63. The van der Waals surface area contributed by atoms with Crippen molar-refractivity contribution in [2.24, 2.45) is 5.73 Å². The van der Waals surface area contributed by atoms with E-state index in [2.05, 4.69) is 0 Å². The highest BCUT2D eigenvalue weighted by Gasteiger charge is 1.88. The van der Waals surface area contributed by atoms with E-state index in [0.717, 1.165) is 13.0 Å². The van der Waals surface area contributed by atoms with Crippen molar-refractivity contribution in [3.8, 4) is 0 Å². The first-order valence-electron chi connectivity index (χ1n) is 4.15. The molecule has 0 aliphatic carbocycles. The maximum atomic E-state index is 5.34. The van der Waals surface area contributed by atoms with Crippen molar-refractivity contribution in [2.45, 2.75) is 38.5 Å². The molecule has 60 valence electrons. The van der Waals surface area contributed by atoms with Crippen LogP contribution in [0, 0.1) is 0 Å². The van der Waals surface area contributed by atoms with Gasteiger partial charge in [-0.3, -0.25) is 5.41 Å². The Kier molecular flexibility index (Phi) is 8.31. The molecule has 10 heavy (non-hydrogen) atoms. The molecular formula is C8H19N2+. The van der Waals surface area contributed by atoms with Crippen LogP contribution in [0.2, 0.25) is 0 Å². The zero-order chi connectivity index (χ0) is 7.66. The van der Waals surface area contributed by atoms with Crippen LogP contribution in [0.1, 0.15) is 38.5 Å². The molecule has 0 aromatic heterocycles. The fourth-order valence-corrected chi connectivity index (χ4v) is 0.937. The molecule has 0 saturated heterocycles. The predicted molar refractivity (Wildman–Crippen MR) is 44.7 cm³/mol. The second-order valence-electron chi connectivity index (χ2n) is 2.58. The quantitative estimate of drug-likeness (QED) is 0.386. The highest BCUT2D eigenvalue weighted by atomic mass is 14.5. The van der Waals surface area contributed by atoms with Gasteiger partial charge in [-0.05, 0) is 19.4 Å². The second kappa shape index (κ2) is 8.63. The van der Waals surface area contributed by atoms with Crippen LogP contribution in [-0.4, -0.2) is 12.8 Å². The van der Waals surface area contributed by atoms with Crippen molar-refractivity contribution < 1.29 is 5.41 Å². The molecule has 0 amide bonds. The monoisotopic (exact) mass is 143 g/mol. The van der Waals surface area contributed by atoms with E-state index in [1.165, 1.54) is 32.1 Å². The zero-order valence-corrected chi connectivity index (χ0v) is 6.68. The maximum absolute atomic E-state index is 5.34. The van der Waals surface area contributed by atoms with E-state index < -0.39 is 0 Å². The first kappa shape index (κ1) is 9.63. The molecule has 0 aliphatic heterocycles. The third-order valence-electron chi connectivity index (χ3n) is 1.57. The Labute approximate surface area is 63.3 Å². The summed E-state index contributed by atoms with van der Waals surface area (Å²) < 4.78 is 0. The van der Waals surface area contributed by atoms with Gasteiger partial charge in [-0.15, -0.1) is 0 Å². The van der Waals surface area contributed by atoms with E-state index in [-0.39, 0.29) is 0 Å². The number of rotatable bonds is 7.